The van der Waals surface area contributed by atoms with Gasteiger partial charge in [-0.3, -0.25) is 9.10 Å². The van der Waals surface area contributed by atoms with Gasteiger partial charge in [0.15, 0.2) is 11.5 Å². The van der Waals surface area contributed by atoms with Crippen molar-refractivity contribution in [2.75, 3.05) is 32.2 Å². The molecule has 0 spiro atoms. The first kappa shape index (κ1) is 33.6. The smallest absolute Gasteiger partial charge is 0.264 e. The van der Waals surface area contributed by atoms with Crippen molar-refractivity contribution in [3.63, 3.8) is 0 Å². The number of methoxy groups -OCH3 is 3. The average Bonchev–Trinajstić information content (AvgIpc) is 3.03. The van der Waals surface area contributed by atoms with Gasteiger partial charge in [-0.25, -0.2) is 13.8 Å². The normalized spacial score (nSPS) is 11.2. The Bertz CT molecular complexity index is 1780. The maximum atomic E-state index is 13.8. The zero-order valence-corrected chi connectivity index (χ0v) is 28.1. The maximum Gasteiger partial charge on any atom is 0.264 e. The summed E-state index contributed by atoms with van der Waals surface area (Å²) in [5, 5.41) is 4.68. The number of hydrogen-bond acceptors (Lipinski definition) is 8. The van der Waals surface area contributed by atoms with Crippen LogP contribution < -0.4 is 28.7 Å². The summed E-state index contributed by atoms with van der Waals surface area (Å²) in [6.07, 6.45) is 1.40. The van der Waals surface area contributed by atoms with Crippen LogP contribution in [0, 0.1) is 6.92 Å². The van der Waals surface area contributed by atoms with Crippen molar-refractivity contribution >= 4 is 55.4 Å². The Kier molecular flexibility index (Phi) is 11.3. The first-order chi connectivity index (χ1) is 21.5. The van der Waals surface area contributed by atoms with Crippen LogP contribution in [0.3, 0.4) is 0 Å². The Morgan fingerprint density at radius 1 is 0.933 bits per heavy atom. The van der Waals surface area contributed by atoms with Crippen LogP contribution >= 0.6 is 27.5 Å². The summed E-state index contributed by atoms with van der Waals surface area (Å²) in [6, 6.07) is 21.7. The summed E-state index contributed by atoms with van der Waals surface area (Å²) in [6.45, 7) is 1.54. The van der Waals surface area contributed by atoms with Gasteiger partial charge in [0, 0.05) is 11.1 Å². The quantitative estimate of drug-likeness (QED) is 0.127. The van der Waals surface area contributed by atoms with Gasteiger partial charge in [-0.05, 0) is 82.5 Å². The lowest BCUT2D eigenvalue weighted by Gasteiger charge is -2.25. The number of anilines is 1. The van der Waals surface area contributed by atoms with Gasteiger partial charge >= 0.3 is 0 Å². The molecule has 236 valence electrons. The fourth-order valence-electron chi connectivity index (χ4n) is 4.16. The van der Waals surface area contributed by atoms with Gasteiger partial charge in [-0.2, -0.15) is 5.10 Å². The van der Waals surface area contributed by atoms with E-state index in [9.17, 15) is 13.2 Å². The van der Waals surface area contributed by atoms with Crippen LogP contribution in [0.1, 0.15) is 16.7 Å². The van der Waals surface area contributed by atoms with Crippen molar-refractivity contribution < 1.29 is 32.2 Å². The number of amides is 1. The summed E-state index contributed by atoms with van der Waals surface area (Å²) >= 11 is 9.47. The number of rotatable bonds is 13. The highest BCUT2D eigenvalue weighted by molar-refractivity contribution is 9.10. The highest BCUT2D eigenvalue weighted by Crippen LogP contribution is 2.37. The Morgan fingerprint density at radius 3 is 2.27 bits per heavy atom. The number of benzene rings is 4. The molecule has 1 N–H and O–H groups in total. The second-order valence-corrected chi connectivity index (χ2v) is 12.8. The van der Waals surface area contributed by atoms with Gasteiger partial charge < -0.3 is 18.9 Å². The number of sulfonamides is 1. The number of carbonyl (C=O) groups is 1. The van der Waals surface area contributed by atoms with E-state index in [0.29, 0.717) is 32.3 Å². The molecule has 4 aromatic rings. The standard InChI is InChI=1S/C32H31BrClN3O7S/c1-21-5-12-26(13-6-21)45(39,40)37(28-17-25(41-2)11-14-29(28)42-3)19-31(38)36-35-18-23-15-27(33)32(30(16-23)43-4)44-20-22-7-9-24(34)10-8-22/h5-18H,19-20H2,1-4H3,(H,36,38)/b35-18-. The fraction of sp³-hybridized carbons (Fsp3) is 0.188. The van der Waals surface area contributed by atoms with Crippen LogP contribution in [-0.2, 0) is 21.4 Å². The van der Waals surface area contributed by atoms with E-state index in [1.165, 1.54) is 45.7 Å². The highest BCUT2D eigenvalue weighted by atomic mass is 79.9. The molecule has 4 rings (SSSR count). The number of hydrogen-bond donors (Lipinski definition) is 1. The molecule has 0 aliphatic heterocycles. The predicted octanol–water partition coefficient (Wildman–Crippen LogP) is 6.36. The zero-order valence-electron chi connectivity index (χ0n) is 24.9. The molecule has 13 heteroatoms. The number of hydrazone groups is 1. The first-order valence-corrected chi connectivity index (χ1v) is 16.0. The van der Waals surface area contributed by atoms with Crippen LogP contribution in [0.15, 0.2) is 93.3 Å². The molecule has 0 unspecified atom stereocenters. The van der Waals surface area contributed by atoms with Crippen molar-refractivity contribution in [1.82, 2.24) is 5.43 Å². The van der Waals surface area contributed by atoms with E-state index in [0.717, 1.165) is 15.4 Å². The van der Waals surface area contributed by atoms with Crippen LogP contribution in [0.4, 0.5) is 5.69 Å². The van der Waals surface area contributed by atoms with E-state index in [4.69, 9.17) is 30.5 Å². The number of halogens is 2. The second kappa shape index (κ2) is 15.2. The largest absolute Gasteiger partial charge is 0.497 e. The maximum absolute atomic E-state index is 13.8. The second-order valence-electron chi connectivity index (χ2n) is 9.60. The lowest BCUT2D eigenvalue weighted by atomic mass is 10.2. The van der Waals surface area contributed by atoms with Crippen molar-refractivity contribution in [2.45, 2.75) is 18.4 Å². The number of ether oxygens (including phenoxy) is 4. The first-order valence-electron chi connectivity index (χ1n) is 13.4. The third kappa shape index (κ3) is 8.47. The highest BCUT2D eigenvalue weighted by Gasteiger charge is 2.30. The van der Waals surface area contributed by atoms with E-state index >= 15 is 0 Å². The van der Waals surface area contributed by atoms with Crippen molar-refractivity contribution in [3.8, 4) is 23.0 Å². The Hall–Kier alpha value is -4.26. The SMILES string of the molecule is COc1ccc(OC)c(N(CC(=O)N/N=C\c2cc(Br)c(OCc3ccc(Cl)cc3)c(OC)c2)S(=O)(=O)c2ccc(C)cc2)c1. The third-order valence-corrected chi connectivity index (χ3v) is 9.12. The molecule has 0 fully saturated rings. The molecule has 0 radical (unpaired) electrons. The van der Waals surface area contributed by atoms with Crippen molar-refractivity contribution in [3.05, 3.63) is 105 Å². The Morgan fingerprint density at radius 2 is 1.62 bits per heavy atom. The molecule has 0 bridgehead atoms. The molecule has 0 aliphatic carbocycles. The van der Waals surface area contributed by atoms with Gasteiger partial charge in [-0.1, -0.05) is 41.4 Å². The number of carbonyl (C=O) groups excluding carboxylic acids is 1. The van der Waals surface area contributed by atoms with E-state index in [1.807, 2.05) is 19.1 Å². The monoisotopic (exact) mass is 715 g/mol. The summed E-state index contributed by atoms with van der Waals surface area (Å²) in [5.74, 6) is 0.844. The van der Waals surface area contributed by atoms with Crippen molar-refractivity contribution in [2.24, 2.45) is 5.10 Å². The molecular weight excluding hydrogens is 686 g/mol. The molecule has 0 heterocycles. The minimum absolute atomic E-state index is 0.00425. The predicted molar refractivity (Wildman–Crippen MR) is 177 cm³/mol. The van der Waals surface area contributed by atoms with E-state index in [1.54, 1.807) is 48.5 Å². The summed E-state index contributed by atoms with van der Waals surface area (Å²) < 4.78 is 51.4. The van der Waals surface area contributed by atoms with Gasteiger partial charge in [0.05, 0.1) is 42.6 Å². The number of nitrogens with zero attached hydrogens (tertiary/aromatic N) is 2. The minimum Gasteiger partial charge on any atom is -0.497 e. The molecule has 1 amide bonds. The molecule has 0 saturated carbocycles. The van der Waals surface area contributed by atoms with Crippen LogP contribution in [0.25, 0.3) is 0 Å². The molecule has 0 atom stereocenters. The topological polar surface area (TPSA) is 116 Å². The van der Waals surface area contributed by atoms with Gasteiger partial charge in [0.25, 0.3) is 15.9 Å². The summed E-state index contributed by atoms with van der Waals surface area (Å²) in [7, 11) is 0.169. The lowest BCUT2D eigenvalue weighted by molar-refractivity contribution is -0.119. The van der Waals surface area contributed by atoms with Crippen LogP contribution in [-0.4, -0.2) is 48.4 Å². The molecule has 4 aromatic carbocycles. The molecular formula is C32H31BrClN3O7S. The van der Waals surface area contributed by atoms with Gasteiger partial charge in [0.1, 0.15) is 24.7 Å². The van der Waals surface area contributed by atoms with Gasteiger partial charge in [-0.15, -0.1) is 0 Å². The lowest BCUT2D eigenvalue weighted by Crippen LogP contribution is -2.39. The van der Waals surface area contributed by atoms with E-state index in [-0.39, 0.29) is 22.9 Å². The molecule has 10 nitrogen and oxygen atoms in total. The summed E-state index contributed by atoms with van der Waals surface area (Å²) in [5.41, 5.74) is 4.92. The summed E-state index contributed by atoms with van der Waals surface area (Å²) in [4.78, 5) is 13.1. The van der Waals surface area contributed by atoms with Crippen molar-refractivity contribution in [1.29, 1.82) is 0 Å². The minimum atomic E-state index is -4.21. The van der Waals surface area contributed by atoms with Gasteiger partial charge in [0.2, 0.25) is 0 Å². The average molecular weight is 717 g/mol. The molecule has 45 heavy (non-hydrogen) atoms. The third-order valence-electron chi connectivity index (χ3n) is 6.50. The Labute approximate surface area is 275 Å². The molecule has 0 aromatic heterocycles. The van der Waals surface area contributed by atoms with Crippen LogP contribution in [0.2, 0.25) is 5.02 Å². The number of aryl methyl sites for hydroxylation is 1. The van der Waals surface area contributed by atoms with E-state index in [2.05, 4.69) is 26.5 Å². The zero-order chi connectivity index (χ0) is 32.6. The molecule has 0 aliphatic rings. The van der Waals surface area contributed by atoms with Crippen LogP contribution in [0.5, 0.6) is 23.0 Å². The molecule has 0 saturated heterocycles. The van der Waals surface area contributed by atoms with E-state index < -0.39 is 22.5 Å². The fourth-order valence-corrected chi connectivity index (χ4v) is 6.29. The Balaban J connectivity index is 1.54. The number of nitrogens with one attached hydrogen (secondary N) is 1.